The van der Waals surface area contributed by atoms with Gasteiger partial charge in [-0.3, -0.25) is 14.4 Å². The monoisotopic (exact) mass is 941 g/mol. The molecule has 0 aliphatic carbocycles. The van der Waals surface area contributed by atoms with Gasteiger partial charge >= 0.3 is 17.9 Å². The zero-order valence-electron chi connectivity index (χ0n) is 44.9. The number of esters is 3. The second-order valence-electron chi connectivity index (χ2n) is 19.9. The van der Waals surface area contributed by atoms with Gasteiger partial charge in [0.1, 0.15) is 13.2 Å². The Labute approximate surface area is 416 Å². The van der Waals surface area contributed by atoms with Crippen LogP contribution in [0, 0.1) is 0 Å². The van der Waals surface area contributed by atoms with E-state index in [4.69, 9.17) is 14.2 Å². The molecule has 0 aromatic rings. The zero-order chi connectivity index (χ0) is 48.6. The first-order chi connectivity index (χ1) is 33.0. The first kappa shape index (κ1) is 64.6. The lowest BCUT2D eigenvalue weighted by atomic mass is 10.0. The average Bonchev–Trinajstić information content (AvgIpc) is 3.33. The first-order valence-electron chi connectivity index (χ1n) is 29.5. The van der Waals surface area contributed by atoms with Crippen LogP contribution in [0.25, 0.3) is 0 Å². The van der Waals surface area contributed by atoms with Crippen molar-refractivity contribution >= 4 is 17.9 Å². The quantitative estimate of drug-likeness (QED) is 0.0262. The van der Waals surface area contributed by atoms with Crippen molar-refractivity contribution in [3.8, 4) is 0 Å². The fourth-order valence-corrected chi connectivity index (χ4v) is 8.65. The molecule has 0 saturated heterocycles. The lowest BCUT2D eigenvalue weighted by Crippen LogP contribution is -2.30. The van der Waals surface area contributed by atoms with E-state index < -0.39 is 6.10 Å². The molecular weight excluding hydrogens is 829 g/mol. The molecule has 0 fully saturated rings. The number of ether oxygens (including phenoxy) is 3. The van der Waals surface area contributed by atoms with Gasteiger partial charge in [-0.1, -0.05) is 263 Å². The van der Waals surface area contributed by atoms with Crippen molar-refractivity contribution in [3.05, 3.63) is 36.5 Å². The van der Waals surface area contributed by atoms with E-state index in [9.17, 15) is 14.4 Å². The highest BCUT2D eigenvalue weighted by Crippen LogP contribution is 2.17. The number of hydrogen-bond acceptors (Lipinski definition) is 6. The predicted molar refractivity (Wildman–Crippen MR) is 289 cm³/mol. The second-order valence-corrected chi connectivity index (χ2v) is 19.9. The molecule has 0 N–H and O–H groups in total. The van der Waals surface area contributed by atoms with E-state index in [-0.39, 0.29) is 31.1 Å². The maximum Gasteiger partial charge on any atom is 0.306 e. The number of carbonyl (C=O) groups is 3. The minimum absolute atomic E-state index is 0.0713. The SMILES string of the molecule is CCC/C=C\CCCCCCCC(=O)OCC(COC(=O)CCCCCCCCCCCCCCC/C=C\C/C=C\CCCCCCC)OC(=O)CCCCCCCCCCCCCCCC. The summed E-state index contributed by atoms with van der Waals surface area (Å²) in [5.74, 6) is -0.867. The first-order valence-corrected chi connectivity index (χ1v) is 29.5. The highest BCUT2D eigenvalue weighted by atomic mass is 16.6. The van der Waals surface area contributed by atoms with Crippen molar-refractivity contribution in [1.29, 1.82) is 0 Å². The summed E-state index contributed by atoms with van der Waals surface area (Å²) < 4.78 is 16.8. The highest BCUT2D eigenvalue weighted by Gasteiger charge is 2.19. The molecule has 6 nitrogen and oxygen atoms in total. The van der Waals surface area contributed by atoms with Crippen LogP contribution in [0.15, 0.2) is 36.5 Å². The summed E-state index contributed by atoms with van der Waals surface area (Å²) in [6, 6.07) is 0. The summed E-state index contributed by atoms with van der Waals surface area (Å²) in [5, 5.41) is 0. The van der Waals surface area contributed by atoms with Gasteiger partial charge in [-0.2, -0.15) is 0 Å². The molecule has 0 spiro atoms. The largest absolute Gasteiger partial charge is 0.462 e. The third-order valence-corrected chi connectivity index (χ3v) is 13.1. The summed E-state index contributed by atoms with van der Waals surface area (Å²) in [7, 11) is 0. The predicted octanol–water partition coefficient (Wildman–Crippen LogP) is 19.7. The summed E-state index contributed by atoms with van der Waals surface area (Å²) >= 11 is 0. The third kappa shape index (κ3) is 54.4. The molecular formula is C61H112O6. The van der Waals surface area contributed by atoms with E-state index in [1.54, 1.807) is 0 Å². The third-order valence-electron chi connectivity index (χ3n) is 13.1. The Hall–Kier alpha value is -2.37. The Morgan fingerprint density at radius 2 is 0.567 bits per heavy atom. The molecule has 6 heteroatoms. The van der Waals surface area contributed by atoms with E-state index in [1.165, 1.54) is 199 Å². The lowest BCUT2D eigenvalue weighted by Gasteiger charge is -2.18. The van der Waals surface area contributed by atoms with Crippen LogP contribution in [0.1, 0.15) is 316 Å². The van der Waals surface area contributed by atoms with Crippen molar-refractivity contribution in [2.45, 2.75) is 322 Å². The Morgan fingerprint density at radius 1 is 0.299 bits per heavy atom. The van der Waals surface area contributed by atoms with Gasteiger partial charge in [-0.15, -0.1) is 0 Å². The molecule has 0 rings (SSSR count). The molecule has 67 heavy (non-hydrogen) atoms. The number of unbranched alkanes of at least 4 members (excludes halogenated alkanes) is 37. The molecule has 0 aromatic heterocycles. The molecule has 0 aromatic carbocycles. The van der Waals surface area contributed by atoms with Crippen LogP contribution in [0.4, 0.5) is 0 Å². The molecule has 0 heterocycles. The molecule has 0 aliphatic rings. The molecule has 1 unspecified atom stereocenters. The van der Waals surface area contributed by atoms with E-state index in [0.29, 0.717) is 19.3 Å². The van der Waals surface area contributed by atoms with Crippen molar-refractivity contribution in [1.82, 2.24) is 0 Å². The zero-order valence-corrected chi connectivity index (χ0v) is 44.9. The molecule has 0 radical (unpaired) electrons. The Kier molecular flexibility index (Phi) is 54.2. The van der Waals surface area contributed by atoms with Gasteiger partial charge in [0.25, 0.3) is 0 Å². The minimum atomic E-state index is -0.771. The standard InChI is InChI=1S/C61H112O6/c1-4-7-10-13-16-19-22-24-26-27-28-29-30-31-32-33-34-35-36-38-39-42-45-48-51-54-60(63)66-57-58(56-65-59(62)53-50-47-44-41-21-18-15-12-9-6-3)67-61(64)55-52-49-46-43-40-37-25-23-20-17-14-11-8-5-2/h12,15,22,24,27-28,58H,4-11,13-14,16-21,23,25-26,29-57H2,1-3H3/b15-12-,24-22-,28-27-. The average molecular weight is 942 g/mol. The van der Waals surface area contributed by atoms with Crippen molar-refractivity contribution in [2.75, 3.05) is 13.2 Å². The normalized spacial score (nSPS) is 12.2. The van der Waals surface area contributed by atoms with Crippen molar-refractivity contribution < 1.29 is 28.6 Å². The minimum Gasteiger partial charge on any atom is -0.462 e. The van der Waals surface area contributed by atoms with Crippen LogP contribution in [-0.2, 0) is 28.6 Å². The Balaban J connectivity index is 4.18. The molecule has 0 bridgehead atoms. The number of hydrogen-bond donors (Lipinski definition) is 0. The van der Waals surface area contributed by atoms with Gasteiger partial charge in [0.2, 0.25) is 0 Å². The van der Waals surface area contributed by atoms with Gasteiger partial charge in [0, 0.05) is 19.3 Å². The van der Waals surface area contributed by atoms with Gasteiger partial charge in [0.05, 0.1) is 0 Å². The van der Waals surface area contributed by atoms with E-state index in [2.05, 4.69) is 57.2 Å². The fraction of sp³-hybridized carbons (Fsp3) is 0.852. The number of rotatable bonds is 54. The molecule has 1 atom stereocenters. The molecule has 0 saturated carbocycles. The highest BCUT2D eigenvalue weighted by molar-refractivity contribution is 5.71. The van der Waals surface area contributed by atoms with E-state index in [1.807, 2.05) is 0 Å². The van der Waals surface area contributed by atoms with Crippen molar-refractivity contribution in [3.63, 3.8) is 0 Å². The summed E-state index contributed by atoms with van der Waals surface area (Å²) in [6.45, 7) is 6.60. The summed E-state index contributed by atoms with van der Waals surface area (Å²) in [6.07, 6.45) is 67.2. The number of allylic oxidation sites excluding steroid dienone is 6. The van der Waals surface area contributed by atoms with Crippen LogP contribution >= 0.6 is 0 Å². The Bertz CT molecular complexity index is 1130. The van der Waals surface area contributed by atoms with Crippen LogP contribution in [0.3, 0.4) is 0 Å². The van der Waals surface area contributed by atoms with Gasteiger partial charge in [-0.25, -0.2) is 0 Å². The molecule has 0 aliphatic heterocycles. The number of carbonyl (C=O) groups excluding carboxylic acids is 3. The fourth-order valence-electron chi connectivity index (χ4n) is 8.65. The smallest absolute Gasteiger partial charge is 0.306 e. The lowest BCUT2D eigenvalue weighted by molar-refractivity contribution is -0.167. The van der Waals surface area contributed by atoms with E-state index in [0.717, 1.165) is 77.0 Å². The van der Waals surface area contributed by atoms with Gasteiger partial charge in [0.15, 0.2) is 6.10 Å². The van der Waals surface area contributed by atoms with Gasteiger partial charge < -0.3 is 14.2 Å². The maximum absolute atomic E-state index is 12.8. The summed E-state index contributed by atoms with van der Waals surface area (Å²) in [4.78, 5) is 38.0. The summed E-state index contributed by atoms with van der Waals surface area (Å²) in [5.41, 5.74) is 0. The van der Waals surface area contributed by atoms with Crippen LogP contribution in [-0.4, -0.2) is 37.2 Å². The molecule has 0 amide bonds. The van der Waals surface area contributed by atoms with Crippen LogP contribution in [0.5, 0.6) is 0 Å². The van der Waals surface area contributed by atoms with Gasteiger partial charge in [-0.05, 0) is 70.6 Å². The van der Waals surface area contributed by atoms with Crippen molar-refractivity contribution in [2.24, 2.45) is 0 Å². The topological polar surface area (TPSA) is 78.9 Å². The molecule has 392 valence electrons. The van der Waals surface area contributed by atoms with Crippen LogP contribution < -0.4 is 0 Å². The Morgan fingerprint density at radius 3 is 0.896 bits per heavy atom. The van der Waals surface area contributed by atoms with Crippen LogP contribution in [0.2, 0.25) is 0 Å². The van der Waals surface area contributed by atoms with E-state index >= 15 is 0 Å². The maximum atomic E-state index is 12.8. The second kappa shape index (κ2) is 56.2.